The van der Waals surface area contributed by atoms with Crippen molar-refractivity contribution in [1.29, 1.82) is 0 Å². The molecule has 0 saturated carbocycles. The van der Waals surface area contributed by atoms with Gasteiger partial charge in [0.25, 0.3) is 0 Å². The highest BCUT2D eigenvalue weighted by atomic mass is 16.5. The van der Waals surface area contributed by atoms with E-state index in [0.29, 0.717) is 31.3 Å². The average molecular weight is 245 g/mol. The Morgan fingerprint density at radius 3 is 2.47 bits per heavy atom. The Morgan fingerprint density at radius 2 is 1.94 bits per heavy atom. The van der Waals surface area contributed by atoms with Crippen molar-refractivity contribution in [1.82, 2.24) is 4.90 Å². The number of rotatable bonds is 11. The van der Waals surface area contributed by atoms with Gasteiger partial charge in [-0.25, -0.2) is 0 Å². The minimum atomic E-state index is 0.344. The number of carbonyl (C=O) groups excluding carboxylic acids is 1. The van der Waals surface area contributed by atoms with Crippen LogP contribution in [0.5, 0.6) is 0 Å². The predicted octanol–water partition coefficient (Wildman–Crippen LogP) is 1.73. The molecule has 0 radical (unpaired) electrons. The van der Waals surface area contributed by atoms with Gasteiger partial charge in [-0.15, -0.1) is 0 Å². The zero-order chi connectivity index (χ0) is 13.1. The second-order valence-corrected chi connectivity index (χ2v) is 4.33. The van der Waals surface area contributed by atoms with E-state index in [1.807, 2.05) is 6.92 Å². The van der Waals surface area contributed by atoms with Crippen molar-refractivity contribution >= 4 is 5.78 Å². The topological polar surface area (TPSA) is 38.8 Å². The van der Waals surface area contributed by atoms with Gasteiger partial charge in [-0.1, -0.05) is 6.92 Å². The zero-order valence-electron chi connectivity index (χ0n) is 11.7. The lowest BCUT2D eigenvalue weighted by atomic mass is 10.1. The maximum atomic E-state index is 11.2. The minimum Gasteiger partial charge on any atom is -0.383 e. The Bertz CT molecular complexity index is 197. The first-order valence-corrected chi connectivity index (χ1v) is 6.39. The number of nitrogens with zero attached hydrogens (tertiary/aromatic N) is 1. The Hall–Kier alpha value is -0.450. The van der Waals surface area contributed by atoms with Crippen LogP contribution in [0.1, 0.15) is 33.1 Å². The molecule has 0 amide bonds. The predicted molar refractivity (Wildman–Crippen MR) is 69.3 cm³/mol. The molecule has 102 valence electrons. The van der Waals surface area contributed by atoms with Crippen LogP contribution < -0.4 is 0 Å². The molecule has 0 aromatic heterocycles. The summed E-state index contributed by atoms with van der Waals surface area (Å²) >= 11 is 0. The molecule has 0 N–H and O–H groups in total. The monoisotopic (exact) mass is 245 g/mol. The first kappa shape index (κ1) is 16.6. The van der Waals surface area contributed by atoms with Crippen molar-refractivity contribution in [3.8, 4) is 0 Å². The van der Waals surface area contributed by atoms with Gasteiger partial charge in [0.05, 0.1) is 13.2 Å². The summed E-state index contributed by atoms with van der Waals surface area (Å²) in [6.45, 7) is 7.31. The summed E-state index contributed by atoms with van der Waals surface area (Å²) in [7, 11) is 3.42. The van der Waals surface area contributed by atoms with Crippen LogP contribution in [0.15, 0.2) is 0 Å². The van der Waals surface area contributed by atoms with Crippen molar-refractivity contribution in [2.24, 2.45) is 0 Å². The summed E-state index contributed by atoms with van der Waals surface area (Å²) < 4.78 is 10.3. The third kappa shape index (κ3) is 8.30. The smallest absolute Gasteiger partial charge is 0.132 e. The molecule has 0 heterocycles. The van der Waals surface area contributed by atoms with Crippen LogP contribution in [0.4, 0.5) is 0 Å². The van der Waals surface area contributed by atoms with Gasteiger partial charge in [0, 0.05) is 39.6 Å². The SMILES string of the molecule is CCC(=O)CCCN(CCOC)C(C)COC. The van der Waals surface area contributed by atoms with E-state index in [9.17, 15) is 4.79 Å². The third-order valence-corrected chi connectivity index (χ3v) is 2.91. The highest BCUT2D eigenvalue weighted by Crippen LogP contribution is 2.04. The van der Waals surface area contributed by atoms with E-state index >= 15 is 0 Å². The maximum Gasteiger partial charge on any atom is 0.132 e. The molecule has 0 aromatic rings. The van der Waals surface area contributed by atoms with Gasteiger partial charge in [-0.3, -0.25) is 9.69 Å². The van der Waals surface area contributed by atoms with E-state index in [1.54, 1.807) is 14.2 Å². The van der Waals surface area contributed by atoms with Crippen molar-refractivity contribution in [2.45, 2.75) is 39.2 Å². The maximum absolute atomic E-state index is 11.2. The summed E-state index contributed by atoms with van der Waals surface area (Å²) in [5.41, 5.74) is 0. The molecule has 1 atom stereocenters. The van der Waals surface area contributed by atoms with E-state index in [1.165, 1.54) is 0 Å². The van der Waals surface area contributed by atoms with Crippen LogP contribution in [-0.4, -0.2) is 57.2 Å². The van der Waals surface area contributed by atoms with E-state index in [0.717, 1.165) is 26.1 Å². The normalized spacial score (nSPS) is 13.0. The lowest BCUT2D eigenvalue weighted by Gasteiger charge is -2.28. The van der Waals surface area contributed by atoms with Gasteiger partial charge < -0.3 is 9.47 Å². The Kier molecular flexibility index (Phi) is 10.4. The fourth-order valence-electron chi connectivity index (χ4n) is 1.76. The van der Waals surface area contributed by atoms with Gasteiger partial charge >= 0.3 is 0 Å². The van der Waals surface area contributed by atoms with Gasteiger partial charge in [0.1, 0.15) is 5.78 Å². The molecule has 0 aromatic carbocycles. The van der Waals surface area contributed by atoms with Crippen LogP contribution >= 0.6 is 0 Å². The number of hydrogen-bond acceptors (Lipinski definition) is 4. The molecule has 17 heavy (non-hydrogen) atoms. The fourth-order valence-corrected chi connectivity index (χ4v) is 1.76. The number of hydrogen-bond donors (Lipinski definition) is 0. The molecule has 4 nitrogen and oxygen atoms in total. The Balaban J connectivity index is 3.95. The highest BCUT2D eigenvalue weighted by molar-refractivity contribution is 5.77. The molecule has 0 fully saturated rings. The number of Topliss-reactive ketones (excluding diaryl/α,β-unsaturated/α-hetero) is 1. The van der Waals surface area contributed by atoms with Crippen LogP contribution in [0, 0.1) is 0 Å². The lowest BCUT2D eigenvalue weighted by Crippen LogP contribution is -2.39. The summed E-state index contributed by atoms with van der Waals surface area (Å²) in [5.74, 6) is 0.344. The third-order valence-electron chi connectivity index (χ3n) is 2.91. The van der Waals surface area contributed by atoms with Gasteiger partial charge in [-0.2, -0.15) is 0 Å². The molecular formula is C13H27NO3. The Labute approximate surface area is 105 Å². The summed E-state index contributed by atoms with van der Waals surface area (Å²) in [6, 6.07) is 0.367. The van der Waals surface area contributed by atoms with E-state index in [4.69, 9.17) is 9.47 Å². The molecule has 0 aliphatic carbocycles. The second kappa shape index (κ2) is 10.7. The van der Waals surface area contributed by atoms with Crippen molar-refractivity contribution < 1.29 is 14.3 Å². The summed E-state index contributed by atoms with van der Waals surface area (Å²) in [6.07, 6.45) is 2.25. The molecule has 0 rings (SSSR count). The average Bonchev–Trinajstić information content (AvgIpc) is 2.33. The quantitative estimate of drug-likeness (QED) is 0.556. The molecule has 0 aliphatic heterocycles. The first-order valence-electron chi connectivity index (χ1n) is 6.39. The zero-order valence-corrected chi connectivity index (χ0v) is 11.7. The van der Waals surface area contributed by atoms with E-state index < -0.39 is 0 Å². The number of ether oxygens (including phenoxy) is 2. The van der Waals surface area contributed by atoms with Gasteiger partial charge in [-0.05, 0) is 19.9 Å². The van der Waals surface area contributed by atoms with Crippen LogP contribution in [0.25, 0.3) is 0 Å². The fraction of sp³-hybridized carbons (Fsp3) is 0.923. The molecule has 0 saturated heterocycles. The molecule has 0 spiro atoms. The molecular weight excluding hydrogens is 218 g/mol. The van der Waals surface area contributed by atoms with E-state index in [-0.39, 0.29) is 0 Å². The first-order chi connectivity index (χ1) is 8.15. The largest absolute Gasteiger partial charge is 0.383 e. The standard InChI is InChI=1S/C13H27NO3/c1-5-13(15)7-6-8-14(9-10-16-3)12(2)11-17-4/h12H,5-11H2,1-4H3. The van der Waals surface area contributed by atoms with Crippen LogP contribution in [0.3, 0.4) is 0 Å². The number of methoxy groups -OCH3 is 2. The number of carbonyl (C=O) groups is 1. The second-order valence-electron chi connectivity index (χ2n) is 4.33. The molecule has 0 bridgehead atoms. The highest BCUT2D eigenvalue weighted by Gasteiger charge is 2.13. The van der Waals surface area contributed by atoms with Crippen LogP contribution in [-0.2, 0) is 14.3 Å². The van der Waals surface area contributed by atoms with Gasteiger partial charge in [0.2, 0.25) is 0 Å². The van der Waals surface area contributed by atoms with E-state index in [2.05, 4.69) is 11.8 Å². The lowest BCUT2D eigenvalue weighted by molar-refractivity contribution is -0.118. The van der Waals surface area contributed by atoms with Crippen molar-refractivity contribution in [3.05, 3.63) is 0 Å². The van der Waals surface area contributed by atoms with Crippen molar-refractivity contribution in [2.75, 3.05) is 40.5 Å². The van der Waals surface area contributed by atoms with Gasteiger partial charge in [0.15, 0.2) is 0 Å². The molecule has 4 heteroatoms. The molecule has 0 aliphatic rings. The Morgan fingerprint density at radius 1 is 1.24 bits per heavy atom. The minimum absolute atomic E-state index is 0.344. The number of ketones is 1. The van der Waals surface area contributed by atoms with Crippen LogP contribution in [0.2, 0.25) is 0 Å². The summed E-state index contributed by atoms with van der Waals surface area (Å²) in [5, 5.41) is 0. The van der Waals surface area contributed by atoms with Crippen molar-refractivity contribution in [3.63, 3.8) is 0 Å². The summed E-state index contributed by atoms with van der Waals surface area (Å²) in [4.78, 5) is 13.6. The molecule has 1 unspecified atom stereocenters.